The van der Waals surface area contributed by atoms with Gasteiger partial charge in [0.2, 0.25) is 0 Å². The van der Waals surface area contributed by atoms with E-state index >= 15 is 0 Å². The standard InChI is InChI=1S/C25H34O4S/c1-6-29-23(26)18-21(13-12-19-10-8-7-9-11-19)24(30(27)25(2,3)4)20-14-16-22(28-5)17-15-20/h7-11,14-17,21,24H,6,12-13,18H2,1-5H3/t21-,24-,30?/m1/s1. The Morgan fingerprint density at radius 1 is 1.03 bits per heavy atom. The van der Waals surface area contributed by atoms with Gasteiger partial charge in [-0.15, -0.1) is 0 Å². The van der Waals surface area contributed by atoms with E-state index < -0.39 is 15.5 Å². The van der Waals surface area contributed by atoms with E-state index in [-0.39, 0.29) is 23.6 Å². The molecule has 0 aromatic heterocycles. The van der Waals surface area contributed by atoms with Gasteiger partial charge in [-0.25, -0.2) is 0 Å². The fourth-order valence-electron chi connectivity index (χ4n) is 3.54. The van der Waals surface area contributed by atoms with E-state index in [0.717, 1.165) is 24.2 Å². The summed E-state index contributed by atoms with van der Waals surface area (Å²) in [5.41, 5.74) is 2.17. The second-order valence-electron chi connectivity index (χ2n) is 8.40. The van der Waals surface area contributed by atoms with Gasteiger partial charge in [0.15, 0.2) is 0 Å². The fourth-order valence-corrected chi connectivity index (χ4v) is 5.28. The van der Waals surface area contributed by atoms with E-state index in [1.54, 1.807) is 7.11 Å². The Morgan fingerprint density at radius 3 is 2.20 bits per heavy atom. The van der Waals surface area contributed by atoms with E-state index in [4.69, 9.17) is 9.47 Å². The Balaban J connectivity index is 2.40. The predicted octanol–water partition coefficient (Wildman–Crippen LogP) is 5.49. The molecule has 4 nitrogen and oxygen atoms in total. The van der Waals surface area contributed by atoms with Crippen molar-refractivity contribution >= 4 is 16.8 Å². The van der Waals surface area contributed by atoms with Crippen molar-refractivity contribution < 1.29 is 18.5 Å². The highest BCUT2D eigenvalue weighted by atomic mass is 32.2. The summed E-state index contributed by atoms with van der Waals surface area (Å²) >= 11 is 0. The molecule has 164 valence electrons. The van der Waals surface area contributed by atoms with Gasteiger partial charge in [-0.2, -0.15) is 0 Å². The third-order valence-electron chi connectivity index (χ3n) is 5.09. The molecule has 1 unspecified atom stereocenters. The number of aryl methyl sites for hydroxylation is 1. The number of benzene rings is 2. The van der Waals surface area contributed by atoms with Gasteiger partial charge in [0.25, 0.3) is 0 Å². The Labute approximate surface area is 183 Å². The summed E-state index contributed by atoms with van der Waals surface area (Å²) in [5, 5.41) is -0.274. The molecule has 0 radical (unpaired) electrons. The van der Waals surface area contributed by atoms with E-state index in [0.29, 0.717) is 6.61 Å². The lowest BCUT2D eigenvalue weighted by atomic mass is 9.89. The number of esters is 1. The van der Waals surface area contributed by atoms with Crippen LogP contribution in [0.5, 0.6) is 5.75 Å². The average molecular weight is 431 g/mol. The van der Waals surface area contributed by atoms with Crippen LogP contribution in [0.1, 0.15) is 56.9 Å². The second kappa shape index (κ2) is 11.3. The Kier molecular flexibility index (Phi) is 9.09. The molecule has 2 rings (SSSR count). The highest BCUT2D eigenvalue weighted by Crippen LogP contribution is 2.39. The van der Waals surface area contributed by atoms with Crippen LogP contribution in [-0.2, 0) is 26.8 Å². The maximum Gasteiger partial charge on any atom is 0.306 e. The second-order valence-corrected chi connectivity index (χ2v) is 10.7. The Hall–Kier alpha value is -2.14. The van der Waals surface area contributed by atoms with Crippen molar-refractivity contribution in [3.63, 3.8) is 0 Å². The smallest absolute Gasteiger partial charge is 0.306 e. The number of carbonyl (C=O) groups is 1. The number of carbonyl (C=O) groups excluding carboxylic acids is 1. The van der Waals surface area contributed by atoms with Crippen molar-refractivity contribution in [3.8, 4) is 5.75 Å². The first-order chi connectivity index (χ1) is 14.3. The number of hydrogen-bond acceptors (Lipinski definition) is 4. The summed E-state index contributed by atoms with van der Waals surface area (Å²) in [6.07, 6.45) is 1.82. The Bertz CT molecular complexity index is 809. The van der Waals surface area contributed by atoms with Crippen molar-refractivity contribution in [2.24, 2.45) is 5.92 Å². The predicted molar refractivity (Wildman–Crippen MR) is 123 cm³/mol. The van der Waals surface area contributed by atoms with Gasteiger partial charge >= 0.3 is 5.97 Å². The summed E-state index contributed by atoms with van der Waals surface area (Å²) in [5.74, 6) is 0.419. The van der Waals surface area contributed by atoms with E-state index in [1.165, 1.54) is 5.56 Å². The molecule has 2 aromatic rings. The first-order valence-corrected chi connectivity index (χ1v) is 11.7. The highest BCUT2D eigenvalue weighted by Gasteiger charge is 2.36. The van der Waals surface area contributed by atoms with E-state index in [1.807, 2.05) is 70.2 Å². The summed E-state index contributed by atoms with van der Waals surface area (Å²) in [6, 6.07) is 17.9. The molecule has 2 aromatic carbocycles. The molecule has 0 bridgehead atoms. The Morgan fingerprint density at radius 2 is 1.67 bits per heavy atom. The number of rotatable bonds is 10. The lowest BCUT2D eigenvalue weighted by Gasteiger charge is -2.32. The van der Waals surface area contributed by atoms with Gasteiger partial charge in [-0.05, 0) is 69.7 Å². The van der Waals surface area contributed by atoms with Crippen LogP contribution in [0.2, 0.25) is 0 Å². The van der Waals surface area contributed by atoms with Gasteiger partial charge in [-0.1, -0.05) is 42.5 Å². The van der Waals surface area contributed by atoms with Crippen molar-refractivity contribution in [1.82, 2.24) is 0 Å². The summed E-state index contributed by atoms with van der Waals surface area (Å²) in [4.78, 5) is 12.4. The minimum Gasteiger partial charge on any atom is -0.497 e. The average Bonchev–Trinajstić information content (AvgIpc) is 2.72. The molecule has 0 saturated heterocycles. The SMILES string of the molecule is CCOC(=O)C[C@@H](CCc1ccccc1)[C@@H](c1ccc(OC)cc1)S(=O)C(C)(C)C. The molecular weight excluding hydrogens is 396 g/mol. The monoisotopic (exact) mass is 430 g/mol. The van der Waals surface area contributed by atoms with Gasteiger partial charge in [0.1, 0.15) is 5.75 Å². The van der Waals surface area contributed by atoms with Crippen LogP contribution < -0.4 is 4.74 Å². The normalized spacial score (nSPS) is 14.6. The zero-order valence-corrected chi connectivity index (χ0v) is 19.5. The summed E-state index contributed by atoms with van der Waals surface area (Å²) < 4.78 is 23.8. The molecular formula is C25H34O4S. The lowest BCUT2D eigenvalue weighted by Crippen LogP contribution is -2.32. The molecule has 30 heavy (non-hydrogen) atoms. The maximum absolute atomic E-state index is 13.6. The van der Waals surface area contributed by atoms with Gasteiger partial charge in [0, 0.05) is 22.0 Å². The molecule has 0 aliphatic heterocycles. The van der Waals surface area contributed by atoms with Gasteiger partial charge in [0.05, 0.1) is 19.0 Å². The van der Waals surface area contributed by atoms with Crippen LogP contribution in [0, 0.1) is 5.92 Å². The third-order valence-corrected chi connectivity index (χ3v) is 7.41. The minimum absolute atomic E-state index is 0.0993. The lowest BCUT2D eigenvalue weighted by molar-refractivity contribution is -0.144. The molecule has 5 heteroatoms. The molecule has 0 fully saturated rings. The first-order valence-electron chi connectivity index (χ1n) is 10.5. The largest absolute Gasteiger partial charge is 0.497 e. The van der Waals surface area contributed by atoms with Crippen LogP contribution in [0.15, 0.2) is 54.6 Å². The van der Waals surface area contributed by atoms with Gasteiger partial charge in [-0.3, -0.25) is 9.00 Å². The zero-order valence-electron chi connectivity index (χ0n) is 18.7. The highest BCUT2D eigenvalue weighted by molar-refractivity contribution is 7.86. The molecule has 0 N–H and O–H groups in total. The first kappa shape index (κ1) is 24.1. The van der Waals surface area contributed by atoms with Crippen LogP contribution in [0.4, 0.5) is 0 Å². The molecule has 0 amide bonds. The number of methoxy groups -OCH3 is 1. The van der Waals surface area contributed by atoms with Crippen LogP contribution in [0.25, 0.3) is 0 Å². The number of hydrogen-bond donors (Lipinski definition) is 0. The topological polar surface area (TPSA) is 52.6 Å². The molecule has 0 aliphatic carbocycles. The van der Waals surface area contributed by atoms with E-state index in [2.05, 4.69) is 12.1 Å². The zero-order chi connectivity index (χ0) is 22.1. The van der Waals surface area contributed by atoms with Crippen molar-refractivity contribution in [2.75, 3.05) is 13.7 Å². The quantitative estimate of drug-likeness (QED) is 0.468. The van der Waals surface area contributed by atoms with E-state index in [9.17, 15) is 9.00 Å². The fraction of sp³-hybridized carbons (Fsp3) is 0.480. The molecule has 0 saturated carbocycles. The van der Waals surface area contributed by atoms with Crippen LogP contribution >= 0.6 is 0 Å². The van der Waals surface area contributed by atoms with Crippen LogP contribution in [0.3, 0.4) is 0 Å². The van der Waals surface area contributed by atoms with Crippen molar-refractivity contribution in [1.29, 1.82) is 0 Å². The third kappa shape index (κ3) is 6.98. The molecule has 0 heterocycles. The summed E-state index contributed by atoms with van der Waals surface area (Å²) in [6.45, 7) is 8.11. The summed E-state index contributed by atoms with van der Waals surface area (Å²) in [7, 11) is 0.437. The van der Waals surface area contributed by atoms with Gasteiger partial charge < -0.3 is 9.47 Å². The minimum atomic E-state index is -1.19. The van der Waals surface area contributed by atoms with Crippen LogP contribution in [-0.4, -0.2) is 28.6 Å². The number of ether oxygens (including phenoxy) is 2. The van der Waals surface area contributed by atoms with Crippen molar-refractivity contribution in [2.45, 2.75) is 57.0 Å². The molecule has 0 aliphatic rings. The molecule has 0 spiro atoms. The van der Waals surface area contributed by atoms with Crippen molar-refractivity contribution in [3.05, 3.63) is 65.7 Å². The maximum atomic E-state index is 13.6. The molecule has 3 atom stereocenters.